The summed E-state index contributed by atoms with van der Waals surface area (Å²) in [5.74, 6) is 0.00231. The van der Waals surface area contributed by atoms with Crippen LogP contribution in [0.2, 0.25) is 0 Å². The summed E-state index contributed by atoms with van der Waals surface area (Å²) >= 11 is 0. The molecule has 0 aromatic carbocycles. The van der Waals surface area contributed by atoms with Crippen LogP contribution in [0.3, 0.4) is 0 Å². The Morgan fingerprint density at radius 2 is 2.15 bits per heavy atom. The largest absolute Gasteiger partial charge is 0.398 e. The molecule has 2 atom stereocenters. The molecule has 2 aliphatic rings. The molecule has 0 fully saturated rings. The fourth-order valence-electron chi connectivity index (χ4n) is 1.79. The number of nitrogens with two attached hydrogens (primary N) is 1. The van der Waals surface area contributed by atoms with E-state index in [9.17, 15) is 5.11 Å². The van der Waals surface area contributed by atoms with Gasteiger partial charge in [-0.05, 0) is 18.6 Å². The number of fused-ring (bicyclic) bond motifs is 1. The summed E-state index contributed by atoms with van der Waals surface area (Å²) in [5.41, 5.74) is 6.76. The Kier molecular flexibility index (Phi) is 1.67. The molecule has 0 aromatic rings. The number of allylic oxidation sites excluding steroid dienone is 4. The highest BCUT2D eigenvalue weighted by Gasteiger charge is 2.33. The molecule has 13 heavy (non-hydrogen) atoms. The van der Waals surface area contributed by atoms with E-state index < -0.39 is 5.60 Å². The van der Waals surface area contributed by atoms with E-state index in [1.54, 1.807) is 19.1 Å². The summed E-state index contributed by atoms with van der Waals surface area (Å²) in [6, 6.07) is 0. The number of hydrogen-bond donors (Lipinski definition) is 2. The molecule has 3 N–H and O–H groups in total. The average molecular weight is 175 g/mol. The lowest BCUT2D eigenvalue weighted by molar-refractivity contribution is 0.0797. The third-order valence-electron chi connectivity index (χ3n) is 2.59. The maximum absolute atomic E-state index is 10.0. The van der Waals surface area contributed by atoms with Crippen molar-refractivity contribution in [3.05, 3.63) is 47.7 Å². The zero-order chi connectivity index (χ0) is 9.47. The fourth-order valence-corrected chi connectivity index (χ4v) is 1.79. The molecule has 0 saturated carbocycles. The van der Waals surface area contributed by atoms with E-state index in [0.29, 0.717) is 0 Å². The van der Waals surface area contributed by atoms with Crippen LogP contribution in [-0.4, -0.2) is 10.7 Å². The van der Waals surface area contributed by atoms with Crippen LogP contribution in [0.25, 0.3) is 0 Å². The lowest BCUT2D eigenvalue weighted by Crippen LogP contribution is -2.36. The van der Waals surface area contributed by atoms with Crippen molar-refractivity contribution in [3.8, 4) is 0 Å². The van der Waals surface area contributed by atoms with Gasteiger partial charge in [0.1, 0.15) is 0 Å². The van der Waals surface area contributed by atoms with E-state index >= 15 is 0 Å². The molecule has 0 spiro atoms. The van der Waals surface area contributed by atoms with Crippen LogP contribution in [0, 0.1) is 5.92 Å². The summed E-state index contributed by atoms with van der Waals surface area (Å²) in [6.07, 6.45) is 11.3. The Hall–Kier alpha value is -1.28. The summed E-state index contributed by atoms with van der Waals surface area (Å²) in [5, 5.41) is 10.0. The summed E-state index contributed by atoms with van der Waals surface area (Å²) in [7, 11) is 0. The van der Waals surface area contributed by atoms with E-state index in [4.69, 9.17) is 5.73 Å². The first-order valence-electron chi connectivity index (χ1n) is 4.37. The molecule has 0 bridgehead atoms. The fraction of sp³-hybridized carbons (Fsp3) is 0.273. The Morgan fingerprint density at radius 1 is 1.38 bits per heavy atom. The highest BCUT2D eigenvalue weighted by molar-refractivity contribution is 5.46. The minimum atomic E-state index is -0.806. The normalized spacial score (nSPS) is 36.6. The molecule has 0 saturated heterocycles. The van der Waals surface area contributed by atoms with Gasteiger partial charge in [-0.2, -0.15) is 0 Å². The lowest BCUT2D eigenvalue weighted by atomic mass is 9.76. The van der Waals surface area contributed by atoms with Crippen LogP contribution in [0.5, 0.6) is 0 Å². The average Bonchev–Trinajstić information content (AvgIpc) is 2.13. The molecule has 2 rings (SSSR count). The second-order valence-corrected chi connectivity index (χ2v) is 3.69. The summed E-state index contributed by atoms with van der Waals surface area (Å²) < 4.78 is 0. The second-order valence-electron chi connectivity index (χ2n) is 3.69. The first kappa shape index (κ1) is 8.32. The molecule has 0 amide bonds. The van der Waals surface area contributed by atoms with Crippen molar-refractivity contribution in [1.82, 2.24) is 0 Å². The molecule has 2 heteroatoms. The maximum Gasteiger partial charge on any atom is 0.0907 e. The molecule has 68 valence electrons. The number of rotatable bonds is 0. The van der Waals surface area contributed by atoms with E-state index in [1.165, 1.54) is 0 Å². The first-order chi connectivity index (χ1) is 6.11. The minimum Gasteiger partial charge on any atom is -0.398 e. The molecule has 0 heterocycles. The zero-order valence-corrected chi connectivity index (χ0v) is 7.57. The van der Waals surface area contributed by atoms with Crippen LogP contribution < -0.4 is 5.73 Å². The van der Waals surface area contributed by atoms with Gasteiger partial charge >= 0.3 is 0 Å². The van der Waals surface area contributed by atoms with Gasteiger partial charge in [-0.15, -0.1) is 0 Å². The minimum absolute atomic E-state index is 0.00231. The van der Waals surface area contributed by atoms with Gasteiger partial charge in [-0.3, -0.25) is 0 Å². The quantitative estimate of drug-likeness (QED) is 0.582. The molecular formula is C11H13NO. The summed E-state index contributed by atoms with van der Waals surface area (Å²) in [4.78, 5) is 0. The molecule has 0 aliphatic heterocycles. The molecule has 0 radical (unpaired) electrons. The molecule has 2 aliphatic carbocycles. The zero-order valence-electron chi connectivity index (χ0n) is 7.57. The topological polar surface area (TPSA) is 46.2 Å². The summed E-state index contributed by atoms with van der Waals surface area (Å²) in [6.45, 7) is 1.80. The van der Waals surface area contributed by atoms with E-state index in [-0.39, 0.29) is 5.92 Å². The van der Waals surface area contributed by atoms with Gasteiger partial charge in [0.15, 0.2) is 0 Å². The highest BCUT2D eigenvalue weighted by atomic mass is 16.3. The monoisotopic (exact) mass is 175 g/mol. The Balaban J connectivity index is 2.50. The van der Waals surface area contributed by atoms with Crippen LogP contribution >= 0.6 is 0 Å². The van der Waals surface area contributed by atoms with Gasteiger partial charge in [0.25, 0.3) is 0 Å². The van der Waals surface area contributed by atoms with Crippen molar-refractivity contribution >= 4 is 0 Å². The van der Waals surface area contributed by atoms with Crippen molar-refractivity contribution in [1.29, 1.82) is 0 Å². The van der Waals surface area contributed by atoms with Crippen molar-refractivity contribution in [2.75, 3.05) is 0 Å². The SMILES string of the molecule is CC1(O)C=CC(N)=C2C=CC=CC21. The van der Waals surface area contributed by atoms with Crippen LogP contribution in [-0.2, 0) is 0 Å². The van der Waals surface area contributed by atoms with Crippen LogP contribution in [0.1, 0.15) is 6.92 Å². The number of aliphatic hydroxyl groups is 1. The van der Waals surface area contributed by atoms with Gasteiger partial charge in [0.05, 0.1) is 5.60 Å². The van der Waals surface area contributed by atoms with E-state index in [1.807, 2.05) is 24.3 Å². The van der Waals surface area contributed by atoms with Gasteiger partial charge < -0.3 is 10.8 Å². The van der Waals surface area contributed by atoms with Crippen molar-refractivity contribution in [3.63, 3.8) is 0 Å². The molecular weight excluding hydrogens is 162 g/mol. The highest BCUT2D eigenvalue weighted by Crippen LogP contribution is 2.35. The smallest absolute Gasteiger partial charge is 0.0907 e. The lowest BCUT2D eigenvalue weighted by Gasteiger charge is -2.33. The van der Waals surface area contributed by atoms with Gasteiger partial charge in [-0.25, -0.2) is 0 Å². The van der Waals surface area contributed by atoms with Crippen LogP contribution in [0.15, 0.2) is 47.7 Å². The third kappa shape index (κ3) is 1.23. The van der Waals surface area contributed by atoms with E-state index in [2.05, 4.69) is 0 Å². The predicted molar refractivity (Wildman–Crippen MR) is 52.7 cm³/mol. The number of hydrogen-bond acceptors (Lipinski definition) is 2. The third-order valence-corrected chi connectivity index (χ3v) is 2.59. The Bertz CT molecular complexity index is 345. The van der Waals surface area contributed by atoms with Crippen molar-refractivity contribution < 1.29 is 5.11 Å². The van der Waals surface area contributed by atoms with Crippen molar-refractivity contribution in [2.24, 2.45) is 11.7 Å². The standard InChI is InChI=1S/C11H13NO/c1-11(13)7-6-10(12)8-4-2-3-5-9(8)11/h2-7,9,13H,12H2,1H3. The maximum atomic E-state index is 10.0. The van der Waals surface area contributed by atoms with Crippen LogP contribution in [0.4, 0.5) is 0 Å². The Labute approximate surface area is 77.8 Å². The predicted octanol–water partition coefficient (Wildman–Crippen LogP) is 1.26. The molecule has 2 unspecified atom stereocenters. The van der Waals surface area contributed by atoms with Crippen molar-refractivity contribution in [2.45, 2.75) is 12.5 Å². The first-order valence-corrected chi connectivity index (χ1v) is 4.37. The van der Waals surface area contributed by atoms with E-state index in [0.717, 1.165) is 11.3 Å². The molecule has 0 aromatic heterocycles. The van der Waals surface area contributed by atoms with Gasteiger partial charge in [0.2, 0.25) is 0 Å². The second kappa shape index (κ2) is 2.60. The Morgan fingerprint density at radius 3 is 2.85 bits per heavy atom. The molecule has 2 nitrogen and oxygen atoms in total. The van der Waals surface area contributed by atoms with Gasteiger partial charge in [0, 0.05) is 11.6 Å². The van der Waals surface area contributed by atoms with Gasteiger partial charge in [-0.1, -0.05) is 30.4 Å².